The van der Waals surface area contributed by atoms with E-state index in [4.69, 9.17) is 11.6 Å². The summed E-state index contributed by atoms with van der Waals surface area (Å²) in [5, 5.41) is 5.88. The molecule has 3 rings (SSSR count). The summed E-state index contributed by atoms with van der Waals surface area (Å²) in [6, 6.07) is 13.7. The Kier molecular flexibility index (Phi) is 5.00. The summed E-state index contributed by atoms with van der Waals surface area (Å²) in [7, 11) is 0. The molecular weight excluding hydrogens is 342 g/mol. The van der Waals surface area contributed by atoms with Gasteiger partial charge in [-0.05, 0) is 29.3 Å². The Balaban J connectivity index is 1.60. The summed E-state index contributed by atoms with van der Waals surface area (Å²) >= 11 is 6.06. The van der Waals surface area contributed by atoms with Gasteiger partial charge in [-0.25, -0.2) is 4.79 Å². The zero-order chi connectivity index (χ0) is 17.8. The minimum absolute atomic E-state index is 0.0291. The van der Waals surface area contributed by atoms with Gasteiger partial charge >= 0.3 is 6.03 Å². The second-order valence-electron chi connectivity index (χ2n) is 5.61. The Morgan fingerprint density at radius 1 is 1.12 bits per heavy atom. The number of urea groups is 1. The molecule has 0 unspecified atom stereocenters. The van der Waals surface area contributed by atoms with Gasteiger partial charge in [0.2, 0.25) is 5.91 Å². The highest BCUT2D eigenvalue weighted by Crippen LogP contribution is 2.15. The molecule has 0 bridgehead atoms. The molecule has 0 spiro atoms. The first-order valence-corrected chi connectivity index (χ1v) is 8.11. The molecule has 1 heterocycles. The minimum atomic E-state index is -0.397. The molecular formula is C18H16ClN3O3. The number of carbonyl (C=O) groups excluding carboxylic acids is 3. The number of hydrogen-bond donors (Lipinski definition) is 2. The van der Waals surface area contributed by atoms with Gasteiger partial charge in [0, 0.05) is 17.1 Å². The van der Waals surface area contributed by atoms with Crippen LogP contribution in [0.3, 0.4) is 0 Å². The second-order valence-corrected chi connectivity index (χ2v) is 6.02. The van der Waals surface area contributed by atoms with E-state index in [1.807, 2.05) is 18.2 Å². The Labute approximate surface area is 149 Å². The van der Waals surface area contributed by atoms with E-state index >= 15 is 0 Å². The van der Waals surface area contributed by atoms with Crippen molar-refractivity contribution in [3.63, 3.8) is 0 Å². The van der Waals surface area contributed by atoms with E-state index in [0.717, 1.165) is 16.0 Å². The summed E-state index contributed by atoms with van der Waals surface area (Å²) in [6.45, 7) is 0.552. The molecule has 0 radical (unpaired) electrons. The molecule has 1 aliphatic heterocycles. The summed E-state index contributed by atoms with van der Waals surface area (Å²) in [6.07, 6.45) is 0. The van der Waals surface area contributed by atoms with Crippen LogP contribution in [0.25, 0.3) is 0 Å². The van der Waals surface area contributed by atoms with Crippen LogP contribution in [-0.4, -0.2) is 29.3 Å². The third-order valence-electron chi connectivity index (χ3n) is 3.89. The van der Waals surface area contributed by atoms with Crippen molar-refractivity contribution < 1.29 is 14.4 Å². The maximum absolute atomic E-state index is 12.2. The van der Waals surface area contributed by atoms with Gasteiger partial charge in [0.05, 0.1) is 13.1 Å². The van der Waals surface area contributed by atoms with Crippen LogP contribution in [0.2, 0.25) is 5.02 Å². The van der Waals surface area contributed by atoms with Crippen molar-refractivity contribution in [3.05, 3.63) is 70.2 Å². The summed E-state index contributed by atoms with van der Waals surface area (Å²) in [4.78, 5) is 36.5. The lowest BCUT2D eigenvalue weighted by Gasteiger charge is -2.12. The van der Waals surface area contributed by atoms with Gasteiger partial charge in [-0.15, -0.1) is 0 Å². The topological polar surface area (TPSA) is 78.5 Å². The van der Waals surface area contributed by atoms with Crippen LogP contribution < -0.4 is 10.6 Å². The number of rotatable bonds is 5. The predicted octanol–water partition coefficient (Wildman–Crippen LogP) is 2.32. The van der Waals surface area contributed by atoms with Crippen LogP contribution >= 0.6 is 11.6 Å². The molecule has 2 N–H and O–H groups in total. The summed E-state index contributed by atoms with van der Waals surface area (Å²) < 4.78 is 0. The molecule has 7 heteroatoms. The van der Waals surface area contributed by atoms with Crippen molar-refractivity contribution in [2.45, 2.75) is 13.1 Å². The molecule has 1 saturated heterocycles. The fourth-order valence-corrected chi connectivity index (χ4v) is 2.68. The number of nitrogens with zero attached hydrogens (tertiary/aromatic N) is 1. The Hall–Kier alpha value is -2.86. The average molecular weight is 358 g/mol. The first kappa shape index (κ1) is 17.0. The van der Waals surface area contributed by atoms with Crippen molar-refractivity contribution in [1.29, 1.82) is 0 Å². The zero-order valence-electron chi connectivity index (χ0n) is 13.3. The normalized spacial score (nSPS) is 13.7. The molecule has 0 atom stereocenters. The molecule has 6 nitrogen and oxygen atoms in total. The van der Waals surface area contributed by atoms with E-state index in [0.29, 0.717) is 17.1 Å². The number of nitrogens with one attached hydrogen (secondary N) is 2. The van der Waals surface area contributed by atoms with Crippen molar-refractivity contribution in [3.8, 4) is 0 Å². The highest BCUT2D eigenvalue weighted by atomic mass is 35.5. The van der Waals surface area contributed by atoms with Crippen molar-refractivity contribution in [1.82, 2.24) is 15.5 Å². The average Bonchev–Trinajstić information content (AvgIpc) is 2.93. The fourth-order valence-electron chi connectivity index (χ4n) is 2.48. The van der Waals surface area contributed by atoms with Crippen molar-refractivity contribution in [2.75, 3.05) is 6.54 Å². The van der Waals surface area contributed by atoms with E-state index in [2.05, 4.69) is 10.6 Å². The molecule has 25 heavy (non-hydrogen) atoms. The predicted molar refractivity (Wildman–Crippen MR) is 93.0 cm³/mol. The molecule has 0 saturated carbocycles. The van der Waals surface area contributed by atoms with Crippen LogP contribution in [0.1, 0.15) is 21.5 Å². The van der Waals surface area contributed by atoms with Gasteiger partial charge < -0.3 is 10.6 Å². The molecule has 128 valence electrons. The number of amides is 4. The van der Waals surface area contributed by atoms with Crippen molar-refractivity contribution >= 4 is 29.4 Å². The van der Waals surface area contributed by atoms with Crippen LogP contribution in [0.4, 0.5) is 4.79 Å². The lowest BCUT2D eigenvalue weighted by atomic mass is 10.1. The SMILES string of the molecule is O=C(NCc1ccccc1Cl)c1ccc(CN2C(=O)CNC2=O)cc1. The van der Waals surface area contributed by atoms with E-state index in [-0.39, 0.29) is 24.9 Å². The lowest BCUT2D eigenvalue weighted by molar-refractivity contribution is -0.125. The minimum Gasteiger partial charge on any atom is -0.348 e. The quantitative estimate of drug-likeness (QED) is 0.806. The number of hydrogen-bond acceptors (Lipinski definition) is 3. The van der Waals surface area contributed by atoms with E-state index in [1.165, 1.54) is 0 Å². The molecule has 2 aromatic rings. The van der Waals surface area contributed by atoms with Gasteiger partial charge in [0.25, 0.3) is 5.91 Å². The van der Waals surface area contributed by atoms with Crippen LogP contribution in [0.15, 0.2) is 48.5 Å². The zero-order valence-corrected chi connectivity index (χ0v) is 14.0. The number of carbonyl (C=O) groups is 3. The molecule has 1 aliphatic rings. The first-order valence-electron chi connectivity index (χ1n) is 7.73. The molecule has 1 fully saturated rings. The lowest BCUT2D eigenvalue weighted by Crippen LogP contribution is -2.30. The van der Waals surface area contributed by atoms with Gasteiger partial charge in [0.1, 0.15) is 0 Å². The molecule has 0 aromatic heterocycles. The number of halogens is 1. The smallest absolute Gasteiger partial charge is 0.324 e. The van der Waals surface area contributed by atoms with Gasteiger partial charge in [-0.2, -0.15) is 0 Å². The van der Waals surface area contributed by atoms with Crippen molar-refractivity contribution in [2.24, 2.45) is 0 Å². The fraction of sp³-hybridized carbons (Fsp3) is 0.167. The van der Waals surface area contributed by atoms with Crippen LogP contribution in [0, 0.1) is 0 Å². The standard InChI is InChI=1S/C18H16ClN3O3/c19-15-4-2-1-3-14(15)9-20-17(24)13-7-5-12(6-8-13)11-22-16(23)10-21-18(22)25/h1-8H,9-11H2,(H,20,24)(H,21,25). The first-order chi connectivity index (χ1) is 12.0. The highest BCUT2D eigenvalue weighted by molar-refractivity contribution is 6.31. The van der Waals surface area contributed by atoms with Crippen LogP contribution in [0.5, 0.6) is 0 Å². The Morgan fingerprint density at radius 3 is 2.48 bits per heavy atom. The van der Waals surface area contributed by atoms with E-state index < -0.39 is 6.03 Å². The highest BCUT2D eigenvalue weighted by Gasteiger charge is 2.28. The Morgan fingerprint density at radius 2 is 1.84 bits per heavy atom. The second kappa shape index (κ2) is 7.36. The van der Waals surface area contributed by atoms with E-state index in [9.17, 15) is 14.4 Å². The van der Waals surface area contributed by atoms with Gasteiger partial charge in [0.15, 0.2) is 0 Å². The maximum Gasteiger partial charge on any atom is 0.324 e. The largest absolute Gasteiger partial charge is 0.348 e. The van der Waals surface area contributed by atoms with E-state index in [1.54, 1.807) is 30.3 Å². The Bertz CT molecular complexity index is 805. The maximum atomic E-state index is 12.2. The number of benzene rings is 2. The summed E-state index contributed by atoms with van der Waals surface area (Å²) in [5.41, 5.74) is 2.11. The monoisotopic (exact) mass is 357 g/mol. The third-order valence-corrected chi connectivity index (χ3v) is 4.26. The molecule has 0 aliphatic carbocycles. The molecule has 4 amide bonds. The number of imide groups is 1. The van der Waals surface area contributed by atoms with Gasteiger partial charge in [-0.3, -0.25) is 14.5 Å². The van der Waals surface area contributed by atoms with Crippen LogP contribution in [-0.2, 0) is 17.9 Å². The molecule has 2 aromatic carbocycles. The summed E-state index contributed by atoms with van der Waals surface area (Å²) in [5.74, 6) is -0.479. The van der Waals surface area contributed by atoms with Gasteiger partial charge in [-0.1, -0.05) is 41.9 Å². The third kappa shape index (κ3) is 3.97.